The third-order valence-electron chi connectivity index (χ3n) is 10.9. The van der Waals surface area contributed by atoms with E-state index in [1.807, 2.05) is 0 Å². The van der Waals surface area contributed by atoms with Crippen molar-refractivity contribution in [3.8, 4) is 16.9 Å². The summed E-state index contributed by atoms with van der Waals surface area (Å²) in [5.74, 6) is 0. The van der Waals surface area contributed by atoms with E-state index in [9.17, 15) is 0 Å². The van der Waals surface area contributed by atoms with Gasteiger partial charge in [-0.15, -0.1) is 0 Å². The second-order valence-corrected chi connectivity index (χ2v) is 18.6. The average molecular weight is 631 g/mol. The largest absolute Gasteiger partial charge is 0.308 e. The fourth-order valence-corrected chi connectivity index (χ4v) is 7.92. The molecule has 48 heavy (non-hydrogen) atoms. The summed E-state index contributed by atoms with van der Waals surface area (Å²) in [6, 6.07) is 28.7. The van der Waals surface area contributed by atoms with E-state index >= 15 is 0 Å². The molecule has 0 bridgehead atoms. The summed E-state index contributed by atoms with van der Waals surface area (Å²) in [7, 11) is 0. The second kappa shape index (κ2) is 9.44. The van der Waals surface area contributed by atoms with E-state index in [2.05, 4.69) is 165 Å². The van der Waals surface area contributed by atoms with E-state index in [0.717, 1.165) is 5.22 Å². The van der Waals surface area contributed by atoms with Gasteiger partial charge < -0.3 is 8.97 Å². The summed E-state index contributed by atoms with van der Waals surface area (Å²) in [6.07, 6.45) is 0. The van der Waals surface area contributed by atoms with Gasteiger partial charge in [0.15, 0.2) is 0 Å². The van der Waals surface area contributed by atoms with Crippen molar-refractivity contribution in [3.63, 3.8) is 0 Å². The molecule has 0 N–H and O–H groups in total. The number of aromatic nitrogens is 2. The lowest BCUT2D eigenvalue weighted by molar-refractivity contribution is 0.588. The molecule has 0 spiro atoms. The zero-order valence-corrected chi connectivity index (χ0v) is 31.0. The Labute approximate surface area is 285 Å². The Kier molecular flexibility index (Phi) is 6.09. The maximum atomic E-state index is 4.85. The number of fused-ring (bicyclic) bond motifs is 13. The molecule has 0 atom stereocenters. The molecule has 0 saturated heterocycles. The van der Waals surface area contributed by atoms with Gasteiger partial charge in [-0.05, 0) is 97.7 Å². The summed E-state index contributed by atoms with van der Waals surface area (Å²) in [4.78, 5) is 0. The Morgan fingerprint density at radius 3 is 1.56 bits per heavy atom. The van der Waals surface area contributed by atoms with Crippen molar-refractivity contribution < 1.29 is 0 Å². The normalized spacial score (nSPS) is 13.9. The Morgan fingerprint density at radius 2 is 0.979 bits per heavy atom. The molecule has 2 heteroatoms. The number of hydrogen-bond acceptors (Lipinski definition) is 0. The van der Waals surface area contributed by atoms with Crippen LogP contribution < -0.4 is 5.22 Å². The van der Waals surface area contributed by atoms with Gasteiger partial charge in [0, 0.05) is 32.5 Å². The van der Waals surface area contributed by atoms with Crippen molar-refractivity contribution in [2.24, 2.45) is 0 Å². The molecule has 0 aliphatic carbocycles. The number of rotatable bonds is 0. The van der Waals surface area contributed by atoms with Crippen molar-refractivity contribution in [2.45, 2.75) is 105 Å². The van der Waals surface area contributed by atoms with E-state index < -0.39 is 0 Å². The van der Waals surface area contributed by atoms with Crippen LogP contribution in [0.2, 0.25) is 0 Å². The molecule has 8 rings (SSSR count). The van der Waals surface area contributed by atoms with Crippen LogP contribution in [0.5, 0.6) is 0 Å². The molecule has 3 aromatic heterocycles. The number of hydrogen-bond donors (Lipinski definition) is 0. The molecule has 4 aromatic carbocycles. The van der Waals surface area contributed by atoms with Crippen molar-refractivity contribution in [1.29, 1.82) is 0 Å². The smallest absolute Gasteiger partial charge is 0.0628 e. The molecule has 7 aromatic rings. The predicted octanol–water partition coefficient (Wildman–Crippen LogP) is 12.2. The van der Waals surface area contributed by atoms with Gasteiger partial charge in [-0.25, -0.2) is 0 Å². The minimum atomic E-state index is -0.0451. The van der Waals surface area contributed by atoms with Crippen LogP contribution in [-0.4, -0.2) is 8.97 Å². The van der Waals surface area contributed by atoms with Crippen molar-refractivity contribution in [1.82, 2.24) is 8.97 Å². The van der Waals surface area contributed by atoms with Crippen LogP contribution in [0, 0.1) is 0 Å². The molecule has 244 valence electrons. The van der Waals surface area contributed by atoms with Crippen LogP contribution >= 0.6 is 0 Å². The summed E-state index contributed by atoms with van der Waals surface area (Å²) in [5, 5.41) is 7.56. The maximum Gasteiger partial charge on any atom is 0.0628 e. The summed E-state index contributed by atoms with van der Waals surface area (Å²) >= 11 is 0. The van der Waals surface area contributed by atoms with Crippen LogP contribution in [0.25, 0.3) is 72.5 Å². The van der Waals surface area contributed by atoms with E-state index in [1.54, 1.807) is 0 Å². The lowest BCUT2D eigenvalue weighted by Gasteiger charge is -2.32. The quantitative estimate of drug-likeness (QED) is 0.158. The van der Waals surface area contributed by atoms with Gasteiger partial charge in [0.2, 0.25) is 0 Å². The Bertz CT molecular complexity index is 2590. The number of nitrogens with zero attached hydrogens (tertiary/aromatic N) is 2. The first kappa shape index (κ1) is 31.0. The minimum Gasteiger partial charge on any atom is -0.308 e. The first-order valence-electron chi connectivity index (χ1n) is 17.6. The van der Waals surface area contributed by atoms with Crippen LogP contribution in [0.4, 0.5) is 0 Å². The predicted molar refractivity (Wildman–Crippen MR) is 210 cm³/mol. The van der Waals surface area contributed by atoms with E-state index in [-0.39, 0.29) is 21.7 Å². The first-order valence-corrected chi connectivity index (χ1v) is 17.6. The number of benzene rings is 4. The van der Waals surface area contributed by atoms with E-state index in [4.69, 9.17) is 6.58 Å². The molecule has 1 aliphatic heterocycles. The minimum absolute atomic E-state index is 0.0334. The second-order valence-electron chi connectivity index (χ2n) is 18.6. The standard InChI is InChI=1S/C46H50N2/c1-26-20-30(46(11,12)13)24-38-33-22-28(44(5,6)7)15-18-36(33)47(38)39-25-32-31-21-27(43(2,3)4)14-17-35(31)48-37-19-16-29(45(8,9)10)23-34(37)41(40(26)39)42(32)48/h14-25H,1H2,2-13H3. The van der Waals surface area contributed by atoms with Crippen molar-refractivity contribution in [2.75, 3.05) is 0 Å². The lowest BCUT2D eigenvalue weighted by atomic mass is 9.82. The SMILES string of the molecule is C=c1cc(C(C)(C)C)cc2n(c3cc4c5cc(C(C)(C)C)ccc5n5c6ccc(C(C)(C)C)cc6c(c13)c45)-c1ccc(C(C)(C)C)cc1-2. The molecule has 0 amide bonds. The monoisotopic (exact) mass is 630 g/mol. The van der Waals surface area contributed by atoms with Gasteiger partial charge in [-0.3, -0.25) is 0 Å². The van der Waals surface area contributed by atoms with Gasteiger partial charge in [0.25, 0.3) is 0 Å². The van der Waals surface area contributed by atoms with Gasteiger partial charge in [-0.2, -0.15) is 0 Å². The van der Waals surface area contributed by atoms with E-state index in [0.29, 0.717) is 0 Å². The van der Waals surface area contributed by atoms with Crippen LogP contribution in [0.15, 0.2) is 72.8 Å². The molecule has 4 heterocycles. The summed E-state index contributed by atoms with van der Waals surface area (Å²) in [5.41, 5.74) is 14.4. The third kappa shape index (κ3) is 4.30. The first-order chi connectivity index (χ1) is 22.2. The molecule has 0 radical (unpaired) electrons. The summed E-state index contributed by atoms with van der Waals surface area (Å²) in [6.45, 7) is 32.6. The molecule has 1 aliphatic rings. The highest BCUT2D eigenvalue weighted by Crippen LogP contribution is 2.48. The fraction of sp³-hybridized carbons (Fsp3) is 0.348. The lowest BCUT2D eigenvalue weighted by Crippen LogP contribution is -2.20. The molecular formula is C46H50N2. The molecular weight excluding hydrogens is 581 g/mol. The van der Waals surface area contributed by atoms with Crippen LogP contribution in [0.1, 0.15) is 105 Å². The highest BCUT2D eigenvalue weighted by atomic mass is 15.0. The van der Waals surface area contributed by atoms with Gasteiger partial charge in [0.1, 0.15) is 0 Å². The molecule has 2 nitrogen and oxygen atoms in total. The summed E-state index contributed by atoms with van der Waals surface area (Å²) < 4.78 is 5.06. The van der Waals surface area contributed by atoms with E-state index in [1.165, 1.54) is 88.2 Å². The Morgan fingerprint density at radius 1 is 0.458 bits per heavy atom. The average Bonchev–Trinajstić information content (AvgIpc) is 3.47. The zero-order chi connectivity index (χ0) is 34.5. The van der Waals surface area contributed by atoms with Gasteiger partial charge >= 0.3 is 0 Å². The fourth-order valence-electron chi connectivity index (χ4n) is 7.92. The molecule has 0 fully saturated rings. The Hall–Kier alpha value is -4.30. The third-order valence-corrected chi connectivity index (χ3v) is 10.9. The maximum absolute atomic E-state index is 4.85. The van der Waals surface area contributed by atoms with Crippen LogP contribution in [-0.2, 0) is 21.7 Å². The molecule has 0 saturated carbocycles. The van der Waals surface area contributed by atoms with Crippen LogP contribution in [0.3, 0.4) is 0 Å². The zero-order valence-electron chi connectivity index (χ0n) is 31.0. The van der Waals surface area contributed by atoms with Gasteiger partial charge in [-0.1, -0.05) is 114 Å². The Balaban J connectivity index is 1.66. The highest BCUT2D eigenvalue weighted by molar-refractivity contribution is 6.31. The topological polar surface area (TPSA) is 9.34 Å². The van der Waals surface area contributed by atoms with Crippen molar-refractivity contribution >= 4 is 55.6 Å². The van der Waals surface area contributed by atoms with Gasteiger partial charge in [0.05, 0.1) is 33.4 Å². The van der Waals surface area contributed by atoms with Crippen molar-refractivity contribution in [3.05, 3.63) is 100 Å². The highest BCUT2D eigenvalue weighted by Gasteiger charge is 2.30. The molecule has 0 unspecified atom stereocenters.